The van der Waals surface area contributed by atoms with Crippen LogP contribution in [0, 0.1) is 17.1 Å². The summed E-state index contributed by atoms with van der Waals surface area (Å²) >= 11 is 0. The van der Waals surface area contributed by atoms with E-state index in [-0.39, 0.29) is 35.4 Å². The molecule has 0 spiro atoms. The normalized spacial score (nSPS) is 12.5. The Morgan fingerprint density at radius 3 is 2.51 bits per heavy atom. The van der Waals surface area contributed by atoms with Crippen LogP contribution in [0.5, 0.6) is 0 Å². The number of aliphatic hydroxyl groups is 1. The molecule has 0 saturated carbocycles. The van der Waals surface area contributed by atoms with E-state index in [1.165, 1.54) is 12.1 Å². The highest BCUT2D eigenvalue weighted by molar-refractivity contribution is 5.91. The van der Waals surface area contributed by atoms with Gasteiger partial charge in [0.1, 0.15) is 17.4 Å². The summed E-state index contributed by atoms with van der Waals surface area (Å²) in [5.74, 6) is -1.10. The third kappa shape index (κ3) is 6.66. The minimum Gasteiger partial charge on any atom is -0.462 e. The van der Waals surface area contributed by atoms with Crippen molar-refractivity contribution in [2.24, 2.45) is 0 Å². The third-order valence-corrected chi connectivity index (χ3v) is 5.81. The molecule has 4 N–H and O–H groups in total. The van der Waals surface area contributed by atoms with E-state index in [9.17, 15) is 14.3 Å². The zero-order valence-corrected chi connectivity index (χ0v) is 19.9. The Morgan fingerprint density at radius 1 is 1.14 bits per heavy atom. The maximum absolute atomic E-state index is 14.4. The van der Waals surface area contributed by atoms with Crippen molar-refractivity contribution in [1.29, 1.82) is 5.26 Å². The van der Waals surface area contributed by atoms with Crippen molar-refractivity contribution in [3.8, 4) is 6.07 Å². The number of hydrogen-bond acceptors (Lipinski definition) is 6. The molecule has 3 aromatic carbocycles. The molecule has 0 radical (unpaired) electrons. The zero-order valence-electron chi connectivity index (χ0n) is 19.9. The highest BCUT2D eigenvalue weighted by atomic mass is 19.1. The summed E-state index contributed by atoms with van der Waals surface area (Å²) in [5, 5.41) is 22.7. The van der Waals surface area contributed by atoms with Gasteiger partial charge in [-0.25, -0.2) is 9.18 Å². The van der Waals surface area contributed by atoms with Gasteiger partial charge in [0.05, 0.1) is 24.0 Å². The molecule has 3 aromatic rings. The lowest BCUT2D eigenvalue weighted by Crippen LogP contribution is -2.32. The summed E-state index contributed by atoms with van der Waals surface area (Å²) in [7, 11) is 0. The van der Waals surface area contributed by atoms with Crippen LogP contribution in [0.15, 0.2) is 60.7 Å². The Labute approximate surface area is 205 Å². The molecule has 0 amide bonds. The summed E-state index contributed by atoms with van der Waals surface area (Å²) in [4.78, 5) is 12.2. The van der Waals surface area contributed by atoms with Gasteiger partial charge in [-0.3, -0.25) is 0 Å². The van der Waals surface area contributed by atoms with E-state index < -0.39 is 11.9 Å². The van der Waals surface area contributed by atoms with Crippen LogP contribution in [0.4, 0.5) is 10.1 Å². The average Bonchev–Trinajstić information content (AvgIpc) is 2.84. The molecule has 182 valence electrons. The molecular formula is C28H30FN3O3. The molecule has 2 unspecified atom stereocenters. The fourth-order valence-electron chi connectivity index (χ4n) is 3.92. The molecule has 0 heterocycles. The number of carbonyl (C=O) groups is 1. The number of anilines is 1. The van der Waals surface area contributed by atoms with Crippen LogP contribution >= 0.6 is 0 Å². The number of hydrogen-bond donors (Lipinski definition) is 3. The number of rotatable bonds is 10. The van der Waals surface area contributed by atoms with Gasteiger partial charge < -0.3 is 20.9 Å². The van der Waals surface area contributed by atoms with Crippen molar-refractivity contribution in [3.63, 3.8) is 0 Å². The van der Waals surface area contributed by atoms with Crippen molar-refractivity contribution in [1.82, 2.24) is 5.32 Å². The van der Waals surface area contributed by atoms with E-state index in [1.54, 1.807) is 19.1 Å². The first-order valence-electron chi connectivity index (χ1n) is 11.6. The SMILES string of the molecule is CCOC(=O)c1ccccc1Cc1ccc(CC(C)NCC(O)c2ccc(N)c(C#N)c2F)cc1. The molecule has 0 aromatic heterocycles. The summed E-state index contributed by atoms with van der Waals surface area (Å²) in [6.45, 7) is 4.24. The molecule has 0 aliphatic carbocycles. The second-order valence-corrected chi connectivity index (χ2v) is 8.44. The van der Waals surface area contributed by atoms with Gasteiger partial charge in [0.15, 0.2) is 0 Å². The van der Waals surface area contributed by atoms with Gasteiger partial charge in [0, 0.05) is 18.2 Å². The number of nitriles is 1. The zero-order chi connectivity index (χ0) is 25.4. The number of esters is 1. The molecule has 35 heavy (non-hydrogen) atoms. The second kappa shape index (κ2) is 12.1. The fraction of sp³-hybridized carbons (Fsp3) is 0.286. The summed E-state index contributed by atoms with van der Waals surface area (Å²) in [6, 6.07) is 20.2. The smallest absolute Gasteiger partial charge is 0.338 e. The number of nitrogens with one attached hydrogen (secondary N) is 1. The lowest BCUT2D eigenvalue weighted by atomic mass is 9.98. The molecule has 0 aliphatic rings. The fourth-order valence-corrected chi connectivity index (χ4v) is 3.92. The predicted molar refractivity (Wildman–Crippen MR) is 133 cm³/mol. The monoisotopic (exact) mass is 475 g/mol. The van der Waals surface area contributed by atoms with Gasteiger partial charge in [-0.05, 0) is 55.5 Å². The molecule has 6 nitrogen and oxygen atoms in total. The Hall–Kier alpha value is -3.73. The first kappa shape index (κ1) is 25.9. The van der Waals surface area contributed by atoms with E-state index in [1.807, 2.05) is 49.4 Å². The van der Waals surface area contributed by atoms with E-state index in [2.05, 4.69) is 5.32 Å². The average molecular weight is 476 g/mol. The third-order valence-electron chi connectivity index (χ3n) is 5.81. The van der Waals surface area contributed by atoms with E-state index in [4.69, 9.17) is 15.7 Å². The van der Waals surface area contributed by atoms with Crippen LogP contribution in [0.3, 0.4) is 0 Å². The maximum atomic E-state index is 14.4. The number of carbonyl (C=O) groups excluding carboxylic acids is 1. The number of nitrogen functional groups attached to an aromatic ring is 1. The highest BCUT2D eigenvalue weighted by Crippen LogP contribution is 2.24. The van der Waals surface area contributed by atoms with Crippen molar-refractivity contribution in [3.05, 3.63) is 99.9 Å². The lowest BCUT2D eigenvalue weighted by molar-refractivity contribution is 0.0525. The minimum absolute atomic E-state index is 0.0207. The largest absolute Gasteiger partial charge is 0.462 e. The molecule has 0 fully saturated rings. The van der Waals surface area contributed by atoms with Crippen LogP contribution in [0.1, 0.15) is 58.1 Å². The molecule has 3 rings (SSSR count). The van der Waals surface area contributed by atoms with Gasteiger partial charge in [0.2, 0.25) is 0 Å². The summed E-state index contributed by atoms with van der Waals surface area (Å²) < 4.78 is 19.6. The maximum Gasteiger partial charge on any atom is 0.338 e. The van der Waals surface area contributed by atoms with Crippen molar-refractivity contribution >= 4 is 11.7 Å². The van der Waals surface area contributed by atoms with Crippen LogP contribution in [-0.4, -0.2) is 30.3 Å². The quantitative estimate of drug-likeness (QED) is 0.298. The molecule has 0 bridgehead atoms. The molecule has 7 heteroatoms. The Balaban J connectivity index is 1.57. The van der Waals surface area contributed by atoms with Crippen LogP contribution in [-0.2, 0) is 17.6 Å². The van der Waals surface area contributed by atoms with Gasteiger partial charge in [0.25, 0.3) is 0 Å². The Kier molecular flexibility index (Phi) is 8.96. The van der Waals surface area contributed by atoms with Gasteiger partial charge >= 0.3 is 5.97 Å². The summed E-state index contributed by atoms with van der Waals surface area (Å²) in [6.07, 6.45) is 0.222. The Morgan fingerprint density at radius 2 is 1.83 bits per heavy atom. The van der Waals surface area contributed by atoms with E-state index in [0.717, 1.165) is 16.7 Å². The predicted octanol–water partition coefficient (Wildman–Crippen LogP) is 4.30. The van der Waals surface area contributed by atoms with Crippen molar-refractivity contribution < 1.29 is 19.0 Å². The lowest BCUT2D eigenvalue weighted by Gasteiger charge is -2.19. The number of benzene rings is 3. The number of ether oxygens (including phenoxy) is 1. The highest BCUT2D eigenvalue weighted by Gasteiger charge is 2.18. The first-order chi connectivity index (χ1) is 16.8. The minimum atomic E-state index is -1.10. The first-order valence-corrected chi connectivity index (χ1v) is 11.6. The van der Waals surface area contributed by atoms with Crippen molar-refractivity contribution in [2.45, 2.75) is 38.8 Å². The van der Waals surface area contributed by atoms with Crippen LogP contribution < -0.4 is 11.1 Å². The topological polar surface area (TPSA) is 108 Å². The number of nitrogens with zero attached hydrogens (tertiary/aromatic N) is 1. The van der Waals surface area contributed by atoms with Gasteiger partial charge in [-0.15, -0.1) is 0 Å². The summed E-state index contributed by atoms with van der Waals surface area (Å²) in [5.41, 5.74) is 9.13. The molecule has 2 atom stereocenters. The molecular weight excluding hydrogens is 445 g/mol. The Bertz CT molecular complexity index is 1210. The van der Waals surface area contributed by atoms with Crippen molar-refractivity contribution in [2.75, 3.05) is 18.9 Å². The van der Waals surface area contributed by atoms with E-state index >= 15 is 0 Å². The van der Waals surface area contributed by atoms with Gasteiger partial charge in [-0.2, -0.15) is 5.26 Å². The standard InChI is InChI=1S/C28H30FN3O3/c1-3-35-28(34)22-7-5-4-6-21(22)15-20-10-8-19(9-11-20)14-18(2)32-17-26(33)23-12-13-25(31)24(16-30)27(23)29/h4-13,18,26,32-33H,3,14-15,17,31H2,1-2H3. The van der Waals surface area contributed by atoms with Gasteiger partial charge in [-0.1, -0.05) is 48.5 Å². The van der Waals surface area contributed by atoms with Crippen LogP contribution in [0.25, 0.3) is 0 Å². The number of aliphatic hydroxyl groups excluding tert-OH is 1. The number of nitrogens with two attached hydrogens (primary N) is 1. The molecule has 0 aliphatic heterocycles. The molecule has 0 saturated heterocycles. The van der Waals surface area contributed by atoms with E-state index in [0.29, 0.717) is 25.0 Å². The number of halogens is 1. The second-order valence-electron chi connectivity index (χ2n) is 8.44. The van der Waals surface area contributed by atoms with Crippen LogP contribution in [0.2, 0.25) is 0 Å².